The van der Waals surface area contributed by atoms with E-state index in [-0.39, 0.29) is 5.78 Å². The molecule has 1 heterocycles. The predicted molar refractivity (Wildman–Crippen MR) is 89.7 cm³/mol. The first-order valence-electron chi connectivity index (χ1n) is 8.42. The van der Waals surface area contributed by atoms with Gasteiger partial charge in [-0.15, -0.1) is 0 Å². The third kappa shape index (κ3) is 3.40. The summed E-state index contributed by atoms with van der Waals surface area (Å²) in [5.41, 5.74) is -0.491. The van der Waals surface area contributed by atoms with Gasteiger partial charge in [-0.25, -0.2) is 4.79 Å². The maximum absolute atomic E-state index is 12.5. The first-order valence-corrected chi connectivity index (χ1v) is 8.42. The Balaban J connectivity index is 1.53. The van der Waals surface area contributed by atoms with Crippen LogP contribution in [0.3, 0.4) is 0 Å². The maximum atomic E-state index is 12.5. The highest BCUT2D eigenvalue weighted by Gasteiger charge is 2.52. The first-order chi connectivity index (χ1) is 12.4. The summed E-state index contributed by atoms with van der Waals surface area (Å²) in [7, 11) is 1.52. The van der Waals surface area contributed by atoms with Crippen molar-refractivity contribution in [3.63, 3.8) is 0 Å². The first kappa shape index (κ1) is 17.9. The minimum absolute atomic E-state index is 0.374. The van der Waals surface area contributed by atoms with Crippen molar-refractivity contribution in [2.75, 3.05) is 20.3 Å². The molecule has 2 fully saturated rings. The highest BCUT2D eigenvalue weighted by molar-refractivity contribution is 6.09. The number of methoxy groups -OCH3 is 1. The van der Waals surface area contributed by atoms with E-state index < -0.39 is 36.6 Å². The number of urea groups is 1. The summed E-state index contributed by atoms with van der Waals surface area (Å²) in [4.78, 5) is 49.3. The van der Waals surface area contributed by atoms with Crippen molar-refractivity contribution < 1.29 is 28.7 Å². The Morgan fingerprint density at radius 1 is 1.15 bits per heavy atom. The number of imide groups is 1. The number of carbonyl (C=O) groups is 4. The molecule has 1 saturated heterocycles. The molecular formula is C18H20N2O6. The van der Waals surface area contributed by atoms with Crippen LogP contribution in [-0.2, 0) is 14.3 Å². The van der Waals surface area contributed by atoms with Crippen molar-refractivity contribution in [3.05, 3.63) is 29.8 Å². The highest BCUT2D eigenvalue weighted by Crippen LogP contribution is 2.34. The number of carbonyl (C=O) groups excluding carboxylic acids is 4. The van der Waals surface area contributed by atoms with E-state index in [1.807, 2.05) is 0 Å². The molecule has 0 bridgehead atoms. The summed E-state index contributed by atoms with van der Waals surface area (Å²) < 4.78 is 9.94. The number of Topliss-reactive ketones (excluding diaryl/α,β-unsaturated/α-hetero) is 1. The Labute approximate surface area is 150 Å². The van der Waals surface area contributed by atoms with Crippen molar-refractivity contribution in [2.45, 2.75) is 31.2 Å². The van der Waals surface area contributed by atoms with E-state index in [1.54, 1.807) is 24.3 Å². The molecule has 2 aliphatic rings. The van der Waals surface area contributed by atoms with Gasteiger partial charge in [-0.05, 0) is 37.1 Å². The fraction of sp³-hybridized carbons (Fsp3) is 0.444. The standard InChI is InChI=1S/C18H20N2O6/c1-25-13-6-4-12(5-7-13)14(21)11-26-15(22)10-20-16(23)18(19-17(20)24)8-2-3-9-18/h4-7H,2-3,8-11H2,1H3,(H,19,24). The molecule has 8 nitrogen and oxygen atoms in total. The number of nitrogens with one attached hydrogen (secondary N) is 1. The van der Waals surface area contributed by atoms with Gasteiger partial charge in [0.15, 0.2) is 12.4 Å². The molecule has 8 heteroatoms. The number of benzene rings is 1. The minimum atomic E-state index is -0.865. The third-order valence-corrected chi connectivity index (χ3v) is 4.77. The largest absolute Gasteiger partial charge is 0.497 e. The zero-order valence-electron chi connectivity index (χ0n) is 14.4. The Morgan fingerprint density at radius 2 is 1.81 bits per heavy atom. The molecule has 138 valence electrons. The van der Waals surface area contributed by atoms with Crippen LogP contribution in [0.1, 0.15) is 36.0 Å². The number of hydrogen-bond donors (Lipinski definition) is 1. The topological polar surface area (TPSA) is 102 Å². The molecule has 1 aromatic carbocycles. The van der Waals surface area contributed by atoms with Gasteiger partial charge >= 0.3 is 12.0 Å². The van der Waals surface area contributed by atoms with E-state index >= 15 is 0 Å². The zero-order valence-corrected chi connectivity index (χ0v) is 14.4. The lowest BCUT2D eigenvalue weighted by atomic mass is 9.98. The normalized spacial score (nSPS) is 18.1. The molecule has 26 heavy (non-hydrogen) atoms. The SMILES string of the molecule is COc1ccc(C(=O)COC(=O)CN2C(=O)NC3(CCCC3)C2=O)cc1. The summed E-state index contributed by atoms with van der Waals surface area (Å²) in [5, 5.41) is 2.69. The summed E-state index contributed by atoms with van der Waals surface area (Å²) in [5.74, 6) is -0.966. The molecule has 0 radical (unpaired) electrons. The Kier molecular flexibility index (Phi) is 4.92. The average Bonchev–Trinajstić information content (AvgIpc) is 3.20. The Morgan fingerprint density at radius 3 is 2.42 bits per heavy atom. The lowest BCUT2D eigenvalue weighted by Gasteiger charge is -2.19. The van der Waals surface area contributed by atoms with Gasteiger partial charge in [-0.2, -0.15) is 0 Å². The number of ketones is 1. The number of esters is 1. The van der Waals surface area contributed by atoms with E-state index in [2.05, 4.69) is 5.32 Å². The summed E-state index contributed by atoms with van der Waals surface area (Å²) >= 11 is 0. The van der Waals surface area contributed by atoms with Crippen LogP contribution in [0.2, 0.25) is 0 Å². The molecule has 0 unspecified atom stereocenters. The molecule has 3 amide bonds. The van der Waals surface area contributed by atoms with E-state index in [1.165, 1.54) is 7.11 Å². The smallest absolute Gasteiger partial charge is 0.326 e. The van der Waals surface area contributed by atoms with Crippen LogP contribution in [0.4, 0.5) is 4.79 Å². The Bertz CT molecular complexity index is 737. The average molecular weight is 360 g/mol. The van der Waals surface area contributed by atoms with Crippen LogP contribution in [0.25, 0.3) is 0 Å². The molecular weight excluding hydrogens is 340 g/mol. The molecule has 1 spiro atoms. The fourth-order valence-electron chi connectivity index (χ4n) is 3.32. The van der Waals surface area contributed by atoms with Crippen molar-refractivity contribution >= 4 is 23.7 Å². The van der Waals surface area contributed by atoms with Crippen LogP contribution in [0.15, 0.2) is 24.3 Å². The van der Waals surface area contributed by atoms with Crippen LogP contribution < -0.4 is 10.1 Å². The maximum Gasteiger partial charge on any atom is 0.326 e. The van der Waals surface area contributed by atoms with Crippen molar-refractivity contribution in [1.82, 2.24) is 10.2 Å². The van der Waals surface area contributed by atoms with Crippen LogP contribution >= 0.6 is 0 Å². The summed E-state index contributed by atoms with van der Waals surface area (Å²) in [6, 6.07) is 5.80. The van der Waals surface area contributed by atoms with Crippen LogP contribution in [0.5, 0.6) is 5.75 Å². The molecule has 0 aromatic heterocycles. The van der Waals surface area contributed by atoms with Crippen molar-refractivity contribution in [3.8, 4) is 5.75 Å². The monoisotopic (exact) mass is 360 g/mol. The summed E-state index contributed by atoms with van der Waals surface area (Å²) in [6.07, 6.45) is 2.89. The van der Waals surface area contributed by atoms with Crippen LogP contribution in [-0.4, -0.2) is 54.4 Å². The molecule has 0 atom stereocenters. The molecule has 3 rings (SSSR count). The lowest BCUT2D eigenvalue weighted by Crippen LogP contribution is -2.44. The second-order valence-corrected chi connectivity index (χ2v) is 6.42. The number of nitrogens with zero attached hydrogens (tertiary/aromatic N) is 1. The number of rotatable bonds is 6. The van der Waals surface area contributed by atoms with Crippen molar-refractivity contribution in [2.24, 2.45) is 0 Å². The second kappa shape index (κ2) is 7.15. The number of hydrogen-bond acceptors (Lipinski definition) is 6. The van der Waals surface area contributed by atoms with Gasteiger partial charge in [-0.1, -0.05) is 12.8 Å². The van der Waals surface area contributed by atoms with E-state index in [0.717, 1.165) is 17.7 Å². The number of amides is 3. The minimum Gasteiger partial charge on any atom is -0.497 e. The highest BCUT2D eigenvalue weighted by atomic mass is 16.5. The van der Waals surface area contributed by atoms with E-state index in [9.17, 15) is 19.2 Å². The molecule has 1 aliphatic heterocycles. The summed E-state index contributed by atoms with van der Waals surface area (Å²) in [6.45, 7) is -0.956. The molecule has 1 aromatic rings. The lowest BCUT2D eigenvalue weighted by molar-refractivity contribution is -0.146. The molecule has 1 saturated carbocycles. The van der Waals surface area contributed by atoms with E-state index in [4.69, 9.17) is 9.47 Å². The third-order valence-electron chi connectivity index (χ3n) is 4.77. The molecule has 1 aliphatic carbocycles. The zero-order chi connectivity index (χ0) is 18.7. The second-order valence-electron chi connectivity index (χ2n) is 6.42. The van der Waals surface area contributed by atoms with E-state index in [0.29, 0.717) is 24.2 Å². The molecule has 1 N–H and O–H groups in total. The van der Waals surface area contributed by atoms with Gasteiger partial charge in [0.05, 0.1) is 7.11 Å². The van der Waals surface area contributed by atoms with Gasteiger partial charge in [0, 0.05) is 5.56 Å². The fourth-order valence-corrected chi connectivity index (χ4v) is 3.32. The predicted octanol–water partition coefficient (Wildman–Crippen LogP) is 1.29. The van der Waals surface area contributed by atoms with Gasteiger partial charge in [-0.3, -0.25) is 19.3 Å². The number of ether oxygens (including phenoxy) is 2. The van der Waals surface area contributed by atoms with Crippen LogP contribution in [0, 0.1) is 0 Å². The van der Waals surface area contributed by atoms with Gasteiger partial charge < -0.3 is 14.8 Å². The van der Waals surface area contributed by atoms with Gasteiger partial charge in [0.1, 0.15) is 17.8 Å². The van der Waals surface area contributed by atoms with Gasteiger partial charge in [0.2, 0.25) is 0 Å². The van der Waals surface area contributed by atoms with Crippen molar-refractivity contribution in [1.29, 1.82) is 0 Å². The van der Waals surface area contributed by atoms with Gasteiger partial charge in [0.25, 0.3) is 5.91 Å². The Hall–Kier alpha value is -2.90. The quantitative estimate of drug-likeness (QED) is 0.466.